The number of nitro groups is 1. The minimum Gasteiger partial charge on any atom is -0.496 e. The molecule has 2 aliphatic heterocycles. The number of rotatable bonds is 6. The average molecular weight is 423 g/mol. The van der Waals surface area contributed by atoms with Gasteiger partial charge in [0.05, 0.1) is 37.4 Å². The first-order valence-electron chi connectivity index (χ1n) is 9.81. The first kappa shape index (κ1) is 20.5. The van der Waals surface area contributed by atoms with Gasteiger partial charge in [0, 0.05) is 30.8 Å². The number of para-hydroxylation sites is 1. The molecule has 4 rings (SSSR count). The third-order valence-corrected chi connectivity index (χ3v) is 5.36. The van der Waals surface area contributed by atoms with Crippen LogP contribution in [-0.4, -0.2) is 60.0 Å². The number of carbonyl (C=O) groups excluding carboxylic acids is 2. The van der Waals surface area contributed by atoms with Crippen molar-refractivity contribution in [2.75, 3.05) is 33.4 Å². The number of methoxy groups -OCH3 is 1. The van der Waals surface area contributed by atoms with Crippen LogP contribution in [0, 0.1) is 10.1 Å². The van der Waals surface area contributed by atoms with Gasteiger partial charge >= 0.3 is 0 Å². The predicted molar refractivity (Wildman–Crippen MR) is 111 cm³/mol. The standard InChI is InChI=1S/C22H21N3O6/c1-30-18-5-3-2-4-16(18)14-24-21(26)19(15-6-8-17(9-7-15)25(28)29)20(22(24)27)23-10-12-31-13-11-23/h2-9H,10-14H2,1H3. The Kier molecular flexibility index (Phi) is 5.68. The number of non-ortho nitro benzene ring substituents is 1. The lowest BCUT2D eigenvalue weighted by Crippen LogP contribution is -2.40. The van der Waals surface area contributed by atoms with Gasteiger partial charge in [0.2, 0.25) is 0 Å². The largest absolute Gasteiger partial charge is 0.496 e. The third-order valence-electron chi connectivity index (χ3n) is 5.36. The van der Waals surface area contributed by atoms with Gasteiger partial charge in [-0.25, -0.2) is 0 Å². The van der Waals surface area contributed by atoms with Gasteiger partial charge in [-0.05, 0) is 23.8 Å². The molecular weight excluding hydrogens is 402 g/mol. The van der Waals surface area contributed by atoms with Crippen molar-refractivity contribution in [3.05, 3.63) is 75.5 Å². The predicted octanol–water partition coefficient (Wildman–Crippen LogP) is 2.22. The highest BCUT2D eigenvalue weighted by atomic mass is 16.6. The molecule has 0 aromatic heterocycles. The zero-order valence-electron chi connectivity index (χ0n) is 16.9. The summed E-state index contributed by atoms with van der Waals surface area (Å²) < 4.78 is 10.8. The summed E-state index contributed by atoms with van der Waals surface area (Å²) in [5.41, 5.74) is 1.64. The summed E-state index contributed by atoms with van der Waals surface area (Å²) in [6.07, 6.45) is 0. The molecule has 0 N–H and O–H groups in total. The van der Waals surface area contributed by atoms with Crippen LogP contribution < -0.4 is 4.74 Å². The molecule has 1 fully saturated rings. The van der Waals surface area contributed by atoms with E-state index in [2.05, 4.69) is 0 Å². The Morgan fingerprint density at radius 3 is 2.35 bits per heavy atom. The van der Waals surface area contributed by atoms with Crippen LogP contribution in [0.1, 0.15) is 11.1 Å². The highest BCUT2D eigenvalue weighted by molar-refractivity contribution is 6.35. The molecule has 0 spiro atoms. The van der Waals surface area contributed by atoms with Crippen molar-refractivity contribution in [1.29, 1.82) is 0 Å². The van der Waals surface area contributed by atoms with Crippen LogP contribution in [0.25, 0.3) is 5.57 Å². The second-order valence-corrected chi connectivity index (χ2v) is 7.14. The minimum atomic E-state index is -0.503. The number of ether oxygens (including phenoxy) is 2. The number of nitrogens with zero attached hydrogens (tertiary/aromatic N) is 3. The van der Waals surface area contributed by atoms with E-state index < -0.39 is 16.7 Å². The maximum atomic E-state index is 13.4. The summed E-state index contributed by atoms with van der Waals surface area (Å²) >= 11 is 0. The maximum Gasteiger partial charge on any atom is 0.278 e. The molecule has 2 aromatic rings. The lowest BCUT2D eigenvalue weighted by Gasteiger charge is -2.29. The Morgan fingerprint density at radius 1 is 1.03 bits per heavy atom. The monoisotopic (exact) mass is 423 g/mol. The highest BCUT2D eigenvalue weighted by Crippen LogP contribution is 2.34. The number of imide groups is 1. The Hall–Kier alpha value is -3.72. The number of morpholine rings is 1. The number of carbonyl (C=O) groups is 2. The fourth-order valence-electron chi connectivity index (χ4n) is 3.80. The van der Waals surface area contributed by atoms with E-state index in [1.807, 2.05) is 17.0 Å². The van der Waals surface area contributed by atoms with Gasteiger partial charge in [-0.2, -0.15) is 0 Å². The van der Waals surface area contributed by atoms with Crippen LogP contribution in [0.4, 0.5) is 5.69 Å². The Morgan fingerprint density at radius 2 is 1.71 bits per heavy atom. The molecule has 31 heavy (non-hydrogen) atoms. The van der Waals surface area contributed by atoms with E-state index >= 15 is 0 Å². The summed E-state index contributed by atoms with van der Waals surface area (Å²) in [7, 11) is 1.53. The van der Waals surface area contributed by atoms with Crippen molar-refractivity contribution in [2.45, 2.75) is 6.54 Å². The normalized spacial score (nSPS) is 16.8. The van der Waals surface area contributed by atoms with E-state index in [-0.39, 0.29) is 17.8 Å². The second kappa shape index (κ2) is 8.57. The van der Waals surface area contributed by atoms with Crippen molar-refractivity contribution in [1.82, 2.24) is 9.80 Å². The maximum absolute atomic E-state index is 13.4. The molecule has 0 aliphatic carbocycles. The molecule has 0 atom stereocenters. The molecule has 2 amide bonds. The molecule has 2 aliphatic rings. The fraction of sp³-hybridized carbons (Fsp3) is 0.273. The van der Waals surface area contributed by atoms with Gasteiger partial charge < -0.3 is 14.4 Å². The van der Waals surface area contributed by atoms with E-state index in [0.717, 1.165) is 0 Å². The van der Waals surface area contributed by atoms with E-state index in [9.17, 15) is 19.7 Å². The van der Waals surface area contributed by atoms with Crippen LogP contribution in [0.2, 0.25) is 0 Å². The molecule has 0 saturated carbocycles. The van der Waals surface area contributed by atoms with Crippen LogP contribution in [0.15, 0.2) is 54.2 Å². The van der Waals surface area contributed by atoms with Crippen molar-refractivity contribution in [3.63, 3.8) is 0 Å². The Bertz CT molecular complexity index is 1060. The Balaban J connectivity index is 1.74. The lowest BCUT2D eigenvalue weighted by atomic mass is 10.0. The number of benzene rings is 2. The quantitative estimate of drug-likeness (QED) is 0.399. The number of nitro benzene ring substituents is 1. The van der Waals surface area contributed by atoms with Crippen LogP contribution in [-0.2, 0) is 20.9 Å². The van der Waals surface area contributed by atoms with Crippen LogP contribution >= 0.6 is 0 Å². The molecule has 0 bridgehead atoms. The molecular formula is C22H21N3O6. The zero-order valence-corrected chi connectivity index (χ0v) is 16.9. The van der Waals surface area contributed by atoms with Crippen molar-refractivity contribution >= 4 is 23.1 Å². The molecule has 9 heteroatoms. The summed E-state index contributed by atoms with van der Waals surface area (Å²) in [4.78, 5) is 40.3. The molecule has 0 unspecified atom stereocenters. The van der Waals surface area contributed by atoms with E-state index in [4.69, 9.17) is 9.47 Å². The third kappa shape index (κ3) is 3.87. The molecule has 2 aromatic carbocycles. The minimum absolute atomic E-state index is 0.0615. The van der Waals surface area contributed by atoms with Crippen molar-refractivity contribution < 1.29 is 24.0 Å². The Labute approximate surface area is 178 Å². The van der Waals surface area contributed by atoms with E-state index in [1.165, 1.54) is 36.3 Å². The van der Waals surface area contributed by atoms with Gasteiger partial charge in [-0.15, -0.1) is 0 Å². The molecule has 160 valence electrons. The number of hydrogen-bond acceptors (Lipinski definition) is 7. The number of hydrogen-bond donors (Lipinski definition) is 0. The molecule has 0 radical (unpaired) electrons. The number of amides is 2. The van der Waals surface area contributed by atoms with E-state index in [0.29, 0.717) is 48.9 Å². The fourth-order valence-corrected chi connectivity index (χ4v) is 3.80. The SMILES string of the molecule is COc1ccccc1CN1C(=O)C(c2ccc([N+](=O)[O-])cc2)=C(N2CCOCC2)C1=O. The summed E-state index contributed by atoms with van der Waals surface area (Å²) in [5, 5.41) is 11.0. The van der Waals surface area contributed by atoms with Gasteiger partial charge in [0.1, 0.15) is 11.4 Å². The molecule has 1 saturated heterocycles. The second-order valence-electron chi connectivity index (χ2n) is 7.14. The summed E-state index contributed by atoms with van der Waals surface area (Å²) in [6.45, 7) is 1.92. The van der Waals surface area contributed by atoms with Crippen molar-refractivity contribution in [2.24, 2.45) is 0 Å². The van der Waals surface area contributed by atoms with Crippen LogP contribution in [0.3, 0.4) is 0 Å². The zero-order chi connectivity index (χ0) is 22.0. The lowest BCUT2D eigenvalue weighted by molar-refractivity contribution is -0.384. The van der Waals surface area contributed by atoms with E-state index in [1.54, 1.807) is 12.1 Å². The summed E-state index contributed by atoms with van der Waals surface area (Å²) in [5.74, 6) is -0.253. The van der Waals surface area contributed by atoms with Gasteiger partial charge in [-0.3, -0.25) is 24.6 Å². The first-order chi connectivity index (χ1) is 15.0. The summed E-state index contributed by atoms with van der Waals surface area (Å²) in [6, 6.07) is 12.9. The first-order valence-corrected chi connectivity index (χ1v) is 9.81. The average Bonchev–Trinajstić information content (AvgIpc) is 3.04. The molecule has 2 heterocycles. The smallest absolute Gasteiger partial charge is 0.278 e. The van der Waals surface area contributed by atoms with Gasteiger partial charge in [0.25, 0.3) is 17.5 Å². The molecule has 9 nitrogen and oxygen atoms in total. The van der Waals surface area contributed by atoms with Crippen molar-refractivity contribution in [3.8, 4) is 5.75 Å². The van der Waals surface area contributed by atoms with Gasteiger partial charge in [-0.1, -0.05) is 18.2 Å². The van der Waals surface area contributed by atoms with Crippen LogP contribution in [0.5, 0.6) is 5.75 Å². The topological polar surface area (TPSA) is 102 Å². The van der Waals surface area contributed by atoms with Gasteiger partial charge in [0.15, 0.2) is 0 Å². The highest BCUT2D eigenvalue weighted by Gasteiger charge is 2.42.